The number of carbonyl (C=O) groups excluding carboxylic acids is 2. The summed E-state index contributed by atoms with van der Waals surface area (Å²) in [5.41, 5.74) is 1.14. The third-order valence-electron chi connectivity index (χ3n) is 5.11. The van der Waals surface area contributed by atoms with Crippen molar-refractivity contribution < 1.29 is 22.8 Å². The van der Waals surface area contributed by atoms with E-state index < -0.39 is 17.6 Å². The van der Waals surface area contributed by atoms with Gasteiger partial charge in [0.1, 0.15) is 0 Å². The van der Waals surface area contributed by atoms with Crippen LogP contribution in [0.2, 0.25) is 0 Å². The molecule has 0 aliphatic carbocycles. The molecule has 1 aromatic carbocycles. The smallest absolute Gasteiger partial charge is 0.347 e. The second kappa shape index (κ2) is 16.3. The van der Waals surface area contributed by atoms with Crippen molar-refractivity contribution in [3.05, 3.63) is 35.4 Å². The summed E-state index contributed by atoms with van der Waals surface area (Å²) in [5.74, 6) is -0.819. The van der Waals surface area contributed by atoms with Gasteiger partial charge in [0, 0.05) is 12.0 Å². The number of carbonyl (C=O) groups is 2. The van der Waals surface area contributed by atoms with Crippen LogP contribution < -0.4 is 10.7 Å². The highest BCUT2D eigenvalue weighted by molar-refractivity contribution is 5.86. The number of amides is 2. The normalized spacial score (nSPS) is 11.6. The zero-order chi connectivity index (χ0) is 23.7. The van der Waals surface area contributed by atoms with E-state index in [-0.39, 0.29) is 18.0 Å². The Morgan fingerprint density at radius 2 is 1.44 bits per heavy atom. The van der Waals surface area contributed by atoms with Crippen LogP contribution in [0.4, 0.5) is 13.2 Å². The van der Waals surface area contributed by atoms with E-state index in [2.05, 4.69) is 22.8 Å². The molecule has 0 unspecified atom stereocenters. The average Bonchev–Trinajstić information content (AvgIpc) is 2.75. The number of nitrogens with one attached hydrogen (secondary N) is 2. The fourth-order valence-corrected chi connectivity index (χ4v) is 3.30. The number of benzene rings is 1. The minimum Gasteiger partial charge on any atom is -0.347 e. The van der Waals surface area contributed by atoms with Gasteiger partial charge in [0.05, 0.1) is 18.3 Å². The van der Waals surface area contributed by atoms with Crippen molar-refractivity contribution in [1.29, 1.82) is 0 Å². The predicted octanol–water partition coefficient (Wildman–Crippen LogP) is 5.97. The van der Waals surface area contributed by atoms with Gasteiger partial charge in [-0.25, -0.2) is 5.43 Å². The lowest BCUT2D eigenvalue weighted by Crippen LogP contribution is -2.34. The van der Waals surface area contributed by atoms with Gasteiger partial charge in [0.15, 0.2) is 0 Å². The van der Waals surface area contributed by atoms with Crippen LogP contribution in [0.1, 0.15) is 95.1 Å². The van der Waals surface area contributed by atoms with Crippen molar-refractivity contribution in [3.63, 3.8) is 0 Å². The topological polar surface area (TPSA) is 70.6 Å². The molecule has 0 spiro atoms. The third-order valence-corrected chi connectivity index (χ3v) is 5.11. The lowest BCUT2D eigenvalue weighted by molar-refractivity contribution is -0.137. The standard InChI is InChI=1S/C24H36F3N3O2/c1-2-3-4-5-6-7-8-9-10-11-12-17-22(31)28-19-23(32)30-29-18-20-15-13-14-16-21(20)24(25,26)27/h13-16,18H,2-12,17,19H2,1H3,(H,28,31)(H,30,32)/b29-18+. The van der Waals surface area contributed by atoms with Gasteiger partial charge in [-0.1, -0.05) is 89.3 Å². The Morgan fingerprint density at radius 3 is 2.03 bits per heavy atom. The molecule has 0 bridgehead atoms. The van der Waals surface area contributed by atoms with Gasteiger partial charge in [-0.3, -0.25) is 9.59 Å². The summed E-state index contributed by atoms with van der Waals surface area (Å²) in [7, 11) is 0. The number of alkyl halides is 3. The molecule has 0 aliphatic rings. The fourth-order valence-electron chi connectivity index (χ4n) is 3.30. The van der Waals surface area contributed by atoms with Crippen LogP contribution in [0.15, 0.2) is 29.4 Å². The molecule has 8 heteroatoms. The molecule has 0 aromatic heterocycles. The second-order valence-corrected chi connectivity index (χ2v) is 7.94. The fraction of sp³-hybridized carbons (Fsp3) is 0.625. The molecule has 0 atom stereocenters. The van der Waals surface area contributed by atoms with Crippen LogP contribution >= 0.6 is 0 Å². The largest absolute Gasteiger partial charge is 0.417 e. The van der Waals surface area contributed by atoms with E-state index in [1.807, 2.05) is 0 Å². The quantitative estimate of drug-likeness (QED) is 0.183. The molecule has 1 rings (SSSR count). The average molecular weight is 456 g/mol. The van der Waals surface area contributed by atoms with Gasteiger partial charge in [-0.15, -0.1) is 0 Å². The van der Waals surface area contributed by atoms with E-state index in [1.54, 1.807) is 0 Å². The molecule has 32 heavy (non-hydrogen) atoms. The summed E-state index contributed by atoms with van der Waals surface area (Å²) in [4.78, 5) is 23.5. The van der Waals surface area contributed by atoms with Crippen molar-refractivity contribution in [1.82, 2.24) is 10.7 Å². The molecule has 0 heterocycles. The number of nitrogens with zero attached hydrogens (tertiary/aromatic N) is 1. The zero-order valence-electron chi connectivity index (χ0n) is 19.0. The summed E-state index contributed by atoms with van der Waals surface area (Å²) < 4.78 is 38.7. The van der Waals surface area contributed by atoms with E-state index in [0.717, 1.165) is 31.5 Å². The molecule has 0 saturated carbocycles. The zero-order valence-corrected chi connectivity index (χ0v) is 19.0. The Morgan fingerprint density at radius 1 is 0.875 bits per heavy atom. The Hall–Kier alpha value is -2.38. The maximum Gasteiger partial charge on any atom is 0.417 e. The SMILES string of the molecule is CCCCCCCCCCCCCC(=O)NCC(=O)N/N=C/c1ccccc1C(F)(F)F. The molecule has 2 amide bonds. The van der Waals surface area contributed by atoms with Crippen molar-refractivity contribution in [2.45, 2.75) is 90.1 Å². The highest BCUT2D eigenvalue weighted by atomic mass is 19.4. The molecule has 1 aromatic rings. The minimum atomic E-state index is -4.51. The van der Waals surface area contributed by atoms with Gasteiger partial charge in [0.2, 0.25) is 5.91 Å². The van der Waals surface area contributed by atoms with Crippen LogP contribution in [0, 0.1) is 0 Å². The Kier molecular flexibility index (Phi) is 14.1. The van der Waals surface area contributed by atoms with Crippen LogP contribution in [-0.2, 0) is 15.8 Å². The van der Waals surface area contributed by atoms with Gasteiger partial charge in [0.25, 0.3) is 5.91 Å². The van der Waals surface area contributed by atoms with E-state index in [1.165, 1.54) is 69.6 Å². The first-order chi connectivity index (χ1) is 15.3. The van der Waals surface area contributed by atoms with E-state index in [9.17, 15) is 22.8 Å². The number of hydrogen-bond donors (Lipinski definition) is 2. The van der Waals surface area contributed by atoms with Crippen molar-refractivity contribution in [2.75, 3.05) is 6.54 Å². The third kappa shape index (κ3) is 13.1. The van der Waals surface area contributed by atoms with Crippen molar-refractivity contribution in [2.24, 2.45) is 5.10 Å². The molecule has 0 radical (unpaired) electrons. The first-order valence-corrected chi connectivity index (χ1v) is 11.6. The van der Waals surface area contributed by atoms with E-state index in [0.29, 0.717) is 6.42 Å². The number of unbranched alkanes of at least 4 members (excludes halogenated alkanes) is 10. The van der Waals surface area contributed by atoms with E-state index >= 15 is 0 Å². The maximum atomic E-state index is 12.9. The van der Waals surface area contributed by atoms with Crippen LogP contribution in [0.3, 0.4) is 0 Å². The molecule has 0 fully saturated rings. The lowest BCUT2D eigenvalue weighted by atomic mass is 10.1. The molecule has 5 nitrogen and oxygen atoms in total. The molecular formula is C24H36F3N3O2. The summed E-state index contributed by atoms with van der Waals surface area (Å²) in [6.07, 6.45) is 9.93. The molecule has 0 aliphatic heterocycles. The van der Waals surface area contributed by atoms with E-state index in [4.69, 9.17) is 0 Å². The number of hydrazone groups is 1. The summed E-state index contributed by atoms with van der Waals surface area (Å²) in [6, 6.07) is 4.93. The second-order valence-electron chi connectivity index (χ2n) is 7.94. The van der Waals surface area contributed by atoms with Gasteiger partial charge >= 0.3 is 6.18 Å². The number of halogens is 3. The Labute approximate surface area is 189 Å². The predicted molar refractivity (Wildman–Crippen MR) is 121 cm³/mol. The van der Waals surface area contributed by atoms with Crippen LogP contribution in [-0.4, -0.2) is 24.6 Å². The lowest BCUT2D eigenvalue weighted by Gasteiger charge is -2.09. The molecule has 180 valence electrons. The molecule has 0 saturated heterocycles. The van der Waals surface area contributed by atoms with Crippen LogP contribution in [0.5, 0.6) is 0 Å². The van der Waals surface area contributed by atoms with Gasteiger partial charge in [-0.05, 0) is 12.5 Å². The van der Waals surface area contributed by atoms with Gasteiger partial charge < -0.3 is 5.32 Å². The molecular weight excluding hydrogens is 419 g/mol. The first-order valence-electron chi connectivity index (χ1n) is 11.6. The summed E-state index contributed by atoms with van der Waals surface area (Å²) >= 11 is 0. The Bertz CT molecular complexity index is 706. The van der Waals surface area contributed by atoms with Crippen LogP contribution in [0.25, 0.3) is 0 Å². The monoisotopic (exact) mass is 455 g/mol. The van der Waals surface area contributed by atoms with Gasteiger partial charge in [-0.2, -0.15) is 18.3 Å². The highest BCUT2D eigenvalue weighted by Gasteiger charge is 2.32. The maximum absolute atomic E-state index is 12.9. The first kappa shape index (κ1) is 27.7. The summed E-state index contributed by atoms with van der Waals surface area (Å²) in [5, 5.41) is 6.05. The summed E-state index contributed by atoms with van der Waals surface area (Å²) in [6.45, 7) is 1.95. The number of hydrogen-bond acceptors (Lipinski definition) is 3. The Balaban J connectivity index is 2.10. The minimum absolute atomic E-state index is 0.152. The number of rotatable bonds is 16. The molecule has 2 N–H and O–H groups in total. The highest BCUT2D eigenvalue weighted by Crippen LogP contribution is 2.31. The van der Waals surface area contributed by atoms with Crippen molar-refractivity contribution in [3.8, 4) is 0 Å². The van der Waals surface area contributed by atoms with Crippen molar-refractivity contribution >= 4 is 18.0 Å².